The zero-order valence-corrected chi connectivity index (χ0v) is 13.9. The quantitative estimate of drug-likeness (QED) is 0.890. The minimum absolute atomic E-state index is 0.159. The highest BCUT2D eigenvalue weighted by molar-refractivity contribution is 5.89. The lowest BCUT2D eigenvalue weighted by atomic mass is 10.1. The van der Waals surface area contributed by atoms with Gasteiger partial charge in [-0.25, -0.2) is 4.79 Å². The van der Waals surface area contributed by atoms with Crippen molar-refractivity contribution in [1.29, 1.82) is 0 Å². The fourth-order valence-electron chi connectivity index (χ4n) is 4.02. The number of ether oxygens (including phenoxy) is 2. The molecule has 2 heterocycles. The molecular weight excluding hydrogens is 306 g/mol. The van der Waals surface area contributed by atoms with Crippen molar-refractivity contribution in [3.8, 4) is 11.5 Å². The summed E-state index contributed by atoms with van der Waals surface area (Å²) < 4.78 is 10.6. The second-order valence-corrected chi connectivity index (χ2v) is 6.99. The van der Waals surface area contributed by atoms with E-state index in [0.29, 0.717) is 11.7 Å². The van der Waals surface area contributed by atoms with Crippen LogP contribution in [-0.2, 0) is 0 Å². The van der Waals surface area contributed by atoms with Gasteiger partial charge in [0.15, 0.2) is 11.5 Å². The van der Waals surface area contributed by atoms with Crippen molar-refractivity contribution < 1.29 is 14.3 Å². The Hall–Kier alpha value is -1.95. The Morgan fingerprint density at radius 3 is 2.88 bits per heavy atom. The van der Waals surface area contributed by atoms with Crippen LogP contribution in [0.3, 0.4) is 0 Å². The zero-order chi connectivity index (χ0) is 16.4. The monoisotopic (exact) mass is 331 g/mol. The van der Waals surface area contributed by atoms with E-state index in [-0.39, 0.29) is 12.8 Å². The molecule has 2 N–H and O–H groups in total. The van der Waals surface area contributed by atoms with Gasteiger partial charge in [-0.3, -0.25) is 0 Å². The van der Waals surface area contributed by atoms with Crippen molar-refractivity contribution >= 4 is 11.7 Å². The first-order chi connectivity index (χ1) is 11.8. The van der Waals surface area contributed by atoms with Gasteiger partial charge in [0, 0.05) is 30.9 Å². The van der Waals surface area contributed by atoms with E-state index in [1.165, 1.54) is 38.6 Å². The molecule has 1 aliphatic carbocycles. The number of fused-ring (bicyclic) bond motifs is 1. The van der Waals surface area contributed by atoms with Crippen LogP contribution in [0.1, 0.15) is 32.1 Å². The van der Waals surface area contributed by atoms with Gasteiger partial charge in [-0.1, -0.05) is 12.8 Å². The lowest BCUT2D eigenvalue weighted by Crippen LogP contribution is -2.35. The van der Waals surface area contributed by atoms with Crippen molar-refractivity contribution in [3.63, 3.8) is 0 Å². The van der Waals surface area contributed by atoms with Gasteiger partial charge < -0.3 is 25.0 Å². The molecule has 0 radical (unpaired) electrons. The second kappa shape index (κ2) is 6.89. The zero-order valence-electron chi connectivity index (χ0n) is 13.9. The summed E-state index contributed by atoms with van der Waals surface area (Å²) in [5, 5.41) is 5.87. The summed E-state index contributed by atoms with van der Waals surface area (Å²) in [4.78, 5) is 14.7. The highest BCUT2D eigenvalue weighted by atomic mass is 16.7. The number of nitrogens with zero attached hydrogens (tertiary/aromatic N) is 1. The van der Waals surface area contributed by atoms with E-state index in [4.69, 9.17) is 9.47 Å². The Labute approximate surface area is 142 Å². The molecule has 24 heavy (non-hydrogen) atoms. The van der Waals surface area contributed by atoms with Crippen molar-refractivity contribution in [2.24, 2.45) is 5.92 Å². The summed E-state index contributed by atoms with van der Waals surface area (Å²) in [6, 6.07) is 6.06. The molecule has 1 atom stereocenters. The number of hydrogen-bond donors (Lipinski definition) is 2. The predicted molar refractivity (Wildman–Crippen MR) is 91.5 cm³/mol. The predicted octanol–water partition coefficient (Wildman–Crippen LogP) is 2.80. The van der Waals surface area contributed by atoms with Crippen molar-refractivity contribution in [2.75, 3.05) is 31.7 Å². The van der Waals surface area contributed by atoms with Crippen LogP contribution in [0, 0.1) is 5.92 Å². The Balaban J connectivity index is 1.22. The fraction of sp³-hybridized carbons (Fsp3) is 0.611. The van der Waals surface area contributed by atoms with Crippen LogP contribution in [-0.4, -0.2) is 43.4 Å². The number of amides is 2. The molecule has 6 heteroatoms. The number of rotatable bonds is 4. The molecule has 0 bridgehead atoms. The van der Waals surface area contributed by atoms with E-state index < -0.39 is 0 Å². The lowest BCUT2D eigenvalue weighted by Gasteiger charge is -2.23. The van der Waals surface area contributed by atoms with Gasteiger partial charge in [-0.15, -0.1) is 0 Å². The Morgan fingerprint density at radius 1 is 1.17 bits per heavy atom. The van der Waals surface area contributed by atoms with Gasteiger partial charge in [0.2, 0.25) is 6.79 Å². The molecule has 0 spiro atoms. The molecule has 1 aromatic carbocycles. The first-order valence-corrected chi connectivity index (χ1v) is 8.96. The van der Waals surface area contributed by atoms with Crippen LogP contribution in [0.2, 0.25) is 0 Å². The average molecular weight is 331 g/mol. The number of nitrogens with one attached hydrogen (secondary N) is 2. The van der Waals surface area contributed by atoms with E-state index in [1.807, 2.05) is 12.1 Å². The van der Waals surface area contributed by atoms with Crippen molar-refractivity contribution in [2.45, 2.75) is 38.1 Å². The summed E-state index contributed by atoms with van der Waals surface area (Å²) in [6.45, 7) is 3.28. The van der Waals surface area contributed by atoms with Gasteiger partial charge in [0.25, 0.3) is 0 Å². The highest BCUT2D eigenvalue weighted by Gasteiger charge is 2.29. The molecule has 1 unspecified atom stereocenters. The SMILES string of the molecule is O=C(NCC1CCN(C2CCCC2)C1)Nc1ccc2c(c1)OCO2. The Kier molecular flexibility index (Phi) is 4.47. The topological polar surface area (TPSA) is 62.8 Å². The molecule has 2 aliphatic heterocycles. The number of anilines is 1. The number of urea groups is 1. The Morgan fingerprint density at radius 2 is 2.00 bits per heavy atom. The summed E-state index contributed by atoms with van der Waals surface area (Å²) in [7, 11) is 0. The smallest absolute Gasteiger partial charge is 0.319 e. The number of likely N-dealkylation sites (tertiary alicyclic amines) is 1. The van der Waals surface area contributed by atoms with E-state index in [0.717, 1.165) is 30.6 Å². The largest absolute Gasteiger partial charge is 0.454 e. The summed E-state index contributed by atoms with van der Waals surface area (Å²) in [6.07, 6.45) is 6.64. The maximum atomic E-state index is 12.1. The molecule has 2 fully saturated rings. The van der Waals surface area contributed by atoms with Crippen LogP contribution in [0.4, 0.5) is 10.5 Å². The van der Waals surface area contributed by atoms with Crippen LogP contribution >= 0.6 is 0 Å². The minimum atomic E-state index is -0.159. The summed E-state index contributed by atoms with van der Waals surface area (Å²) in [5.74, 6) is 1.96. The third kappa shape index (κ3) is 3.43. The molecule has 0 aromatic heterocycles. The standard InChI is InChI=1S/C18H25N3O3/c22-18(20-14-5-6-16-17(9-14)24-12-23-16)19-10-13-7-8-21(11-13)15-3-1-2-4-15/h5-6,9,13,15H,1-4,7-8,10-12H2,(H2,19,20,22). The van der Waals surface area contributed by atoms with Crippen molar-refractivity contribution in [3.05, 3.63) is 18.2 Å². The minimum Gasteiger partial charge on any atom is -0.454 e. The molecule has 1 aromatic rings. The maximum absolute atomic E-state index is 12.1. The normalized spacial score (nSPS) is 23.6. The van der Waals surface area contributed by atoms with Crippen molar-refractivity contribution in [1.82, 2.24) is 10.2 Å². The van der Waals surface area contributed by atoms with E-state index in [1.54, 1.807) is 6.07 Å². The van der Waals surface area contributed by atoms with Crippen LogP contribution in [0.15, 0.2) is 18.2 Å². The summed E-state index contributed by atoms with van der Waals surface area (Å²) >= 11 is 0. The van der Waals surface area contributed by atoms with Crippen LogP contribution < -0.4 is 20.1 Å². The average Bonchev–Trinajstić information content (AvgIpc) is 3.32. The van der Waals surface area contributed by atoms with Gasteiger partial charge in [0.1, 0.15) is 0 Å². The van der Waals surface area contributed by atoms with Gasteiger partial charge >= 0.3 is 6.03 Å². The lowest BCUT2D eigenvalue weighted by molar-refractivity contribution is 0.174. The molecule has 1 saturated carbocycles. The highest BCUT2D eigenvalue weighted by Crippen LogP contribution is 2.34. The molecule has 1 saturated heterocycles. The van der Waals surface area contributed by atoms with Gasteiger partial charge in [0.05, 0.1) is 0 Å². The summed E-state index contributed by atoms with van der Waals surface area (Å²) in [5.41, 5.74) is 0.718. The molecule has 3 aliphatic rings. The molecular formula is C18H25N3O3. The molecule has 4 rings (SSSR count). The molecule has 6 nitrogen and oxygen atoms in total. The Bertz CT molecular complexity index is 601. The van der Waals surface area contributed by atoms with E-state index in [9.17, 15) is 4.79 Å². The van der Waals surface area contributed by atoms with Crippen LogP contribution in [0.25, 0.3) is 0 Å². The number of hydrogen-bond acceptors (Lipinski definition) is 4. The molecule has 2 amide bonds. The number of carbonyl (C=O) groups is 1. The first-order valence-electron chi connectivity index (χ1n) is 8.96. The third-order valence-corrected chi connectivity index (χ3v) is 5.34. The van der Waals surface area contributed by atoms with E-state index >= 15 is 0 Å². The fourth-order valence-corrected chi connectivity index (χ4v) is 4.02. The maximum Gasteiger partial charge on any atom is 0.319 e. The number of carbonyl (C=O) groups excluding carboxylic acids is 1. The van der Waals surface area contributed by atoms with Crippen LogP contribution in [0.5, 0.6) is 11.5 Å². The second-order valence-electron chi connectivity index (χ2n) is 6.99. The van der Waals surface area contributed by atoms with Gasteiger partial charge in [-0.05, 0) is 43.9 Å². The third-order valence-electron chi connectivity index (χ3n) is 5.34. The number of benzene rings is 1. The first kappa shape index (κ1) is 15.6. The van der Waals surface area contributed by atoms with Gasteiger partial charge in [-0.2, -0.15) is 0 Å². The van der Waals surface area contributed by atoms with E-state index in [2.05, 4.69) is 15.5 Å². The molecule has 130 valence electrons.